The summed E-state index contributed by atoms with van der Waals surface area (Å²) < 4.78 is 41.3. The molecule has 2 aromatic heterocycles. The summed E-state index contributed by atoms with van der Waals surface area (Å²) in [6.07, 6.45) is -4.47. The van der Waals surface area contributed by atoms with E-state index < -0.39 is 17.3 Å². The smallest absolute Gasteiger partial charge is 0.293 e. The molecule has 4 nitrogen and oxygen atoms in total. The second-order valence-corrected chi connectivity index (χ2v) is 7.26. The molecule has 0 aliphatic carbocycles. The third kappa shape index (κ3) is 3.24. The molecule has 4 rings (SSSR count). The number of aromatic amines is 1. The van der Waals surface area contributed by atoms with Crippen LogP contribution in [0, 0.1) is 6.92 Å². The number of aromatic nitrogens is 3. The maximum Gasteiger partial charge on any atom is 0.416 e. The molecule has 0 atom stereocenters. The van der Waals surface area contributed by atoms with Crippen LogP contribution in [0.25, 0.3) is 28.0 Å². The highest BCUT2D eigenvalue weighted by Crippen LogP contribution is 2.33. The lowest BCUT2D eigenvalue weighted by Gasteiger charge is -2.09. The molecule has 142 valence electrons. The highest BCUT2D eigenvalue weighted by Gasteiger charge is 2.30. The van der Waals surface area contributed by atoms with Crippen molar-refractivity contribution >= 4 is 21.6 Å². The Morgan fingerprint density at radius 2 is 1.75 bits per heavy atom. The van der Waals surface area contributed by atoms with Gasteiger partial charge in [0, 0.05) is 27.4 Å². The number of rotatable bonds is 2. The number of nitrogens with zero attached hydrogens (tertiary/aromatic N) is 2. The Morgan fingerprint density at radius 3 is 2.46 bits per heavy atom. The molecule has 1 N–H and O–H groups in total. The van der Waals surface area contributed by atoms with E-state index in [4.69, 9.17) is 0 Å². The lowest BCUT2D eigenvalue weighted by Crippen LogP contribution is -2.14. The van der Waals surface area contributed by atoms with Gasteiger partial charge in [0.25, 0.3) is 5.56 Å². The lowest BCUT2D eigenvalue weighted by molar-refractivity contribution is -0.137. The molecule has 2 aromatic carbocycles. The summed E-state index contributed by atoms with van der Waals surface area (Å²) in [6.45, 7) is 1.81. The van der Waals surface area contributed by atoms with Crippen molar-refractivity contribution in [2.24, 2.45) is 0 Å². The molecule has 0 aliphatic rings. The second-order valence-electron chi connectivity index (χ2n) is 6.34. The third-order valence-electron chi connectivity index (χ3n) is 4.40. The van der Waals surface area contributed by atoms with Gasteiger partial charge in [-0.2, -0.15) is 13.2 Å². The van der Waals surface area contributed by atoms with Crippen LogP contribution in [0.4, 0.5) is 13.2 Å². The van der Waals surface area contributed by atoms with E-state index in [1.807, 2.05) is 31.2 Å². The van der Waals surface area contributed by atoms with Gasteiger partial charge < -0.3 is 0 Å². The predicted molar refractivity (Wildman–Crippen MR) is 104 cm³/mol. The van der Waals surface area contributed by atoms with Crippen LogP contribution in [0.5, 0.6) is 0 Å². The Balaban J connectivity index is 1.96. The summed E-state index contributed by atoms with van der Waals surface area (Å²) in [4.78, 5) is 17.1. The molecule has 0 bridgehead atoms. The predicted octanol–water partition coefficient (Wildman–Crippen LogP) is 5.45. The molecule has 2 heterocycles. The van der Waals surface area contributed by atoms with Gasteiger partial charge in [-0.1, -0.05) is 40.2 Å². The summed E-state index contributed by atoms with van der Waals surface area (Å²) in [6, 6.07) is 13.5. The monoisotopic (exact) mass is 447 g/mol. The van der Waals surface area contributed by atoms with Crippen LogP contribution in [-0.4, -0.2) is 14.6 Å². The van der Waals surface area contributed by atoms with E-state index in [1.54, 1.807) is 0 Å². The van der Waals surface area contributed by atoms with E-state index in [-0.39, 0.29) is 11.3 Å². The van der Waals surface area contributed by atoms with E-state index in [0.29, 0.717) is 11.2 Å². The summed E-state index contributed by atoms with van der Waals surface area (Å²) in [7, 11) is 0. The molecule has 0 unspecified atom stereocenters. The van der Waals surface area contributed by atoms with Crippen molar-refractivity contribution < 1.29 is 13.2 Å². The summed E-state index contributed by atoms with van der Waals surface area (Å²) in [5.74, 6) is 0. The first-order chi connectivity index (χ1) is 13.2. The minimum Gasteiger partial charge on any atom is -0.293 e. The first kappa shape index (κ1) is 18.5. The average molecular weight is 448 g/mol. The number of H-pyrrole nitrogens is 1. The minimum absolute atomic E-state index is 0.186. The number of hydrogen-bond acceptors (Lipinski definition) is 2. The molecule has 0 saturated carbocycles. The third-order valence-corrected chi connectivity index (χ3v) is 4.89. The fraction of sp³-hybridized carbons (Fsp3) is 0.100. The number of nitrogens with one attached hydrogen (secondary N) is 1. The van der Waals surface area contributed by atoms with Crippen molar-refractivity contribution in [2.75, 3.05) is 0 Å². The molecule has 0 aliphatic heterocycles. The minimum atomic E-state index is -4.47. The Kier molecular flexibility index (Phi) is 4.38. The number of alkyl halides is 3. The molecule has 0 saturated heterocycles. The molecule has 28 heavy (non-hydrogen) atoms. The molecular formula is C20H13BrF3N3O. The standard InChI is InChI=1S/C20H13BrF3N3O/c1-11-18(13-5-3-7-15(21)9-13)19-25-16(10-17(28)27(19)26-11)12-4-2-6-14(8-12)20(22,23)24/h2-10,26H,1H3. The van der Waals surface area contributed by atoms with Crippen LogP contribution in [0.15, 0.2) is 63.9 Å². The van der Waals surface area contributed by atoms with Crippen molar-refractivity contribution in [3.63, 3.8) is 0 Å². The average Bonchev–Trinajstić information content (AvgIpc) is 2.98. The van der Waals surface area contributed by atoms with Gasteiger partial charge in [-0.25, -0.2) is 9.50 Å². The number of aryl methyl sites for hydroxylation is 1. The van der Waals surface area contributed by atoms with Crippen LogP contribution in [0.3, 0.4) is 0 Å². The van der Waals surface area contributed by atoms with Crippen LogP contribution in [0.2, 0.25) is 0 Å². The van der Waals surface area contributed by atoms with E-state index in [0.717, 1.165) is 27.9 Å². The molecule has 0 amide bonds. The van der Waals surface area contributed by atoms with Crippen LogP contribution >= 0.6 is 15.9 Å². The van der Waals surface area contributed by atoms with Gasteiger partial charge in [0.2, 0.25) is 0 Å². The van der Waals surface area contributed by atoms with Gasteiger partial charge in [-0.15, -0.1) is 0 Å². The molecule has 4 aromatic rings. The van der Waals surface area contributed by atoms with Gasteiger partial charge >= 0.3 is 6.18 Å². The molecule has 0 radical (unpaired) electrons. The zero-order valence-electron chi connectivity index (χ0n) is 14.5. The summed E-state index contributed by atoms with van der Waals surface area (Å²) >= 11 is 3.42. The fourth-order valence-electron chi connectivity index (χ4n) is 3.14. The highest BCUT2D eigenvalue weighted by atomic mass is 79.9. The molecule has 0 fully saturated rings. The summed E-state index contributed by atoms with van der Waals surface area (Å²) in [5, 5.41) is 2.97. The first-order valence-corrected chi connectivity index (χ1v) is 9.09. The van der Waals surface area contributed by atoms with Crippen molar-refractivity contribution in [3.8, 4) is 22.4 Å². The number of halogens is 4. The Hall–Kier alpha value is -2.87. The second kappa shape index (κ2) is 6.63. The Labute approximate surface area is 165 Å². The topological polar surface area (TPSA) is 50.2 Å². The Morgan fingerprint density at radius 1 is 1.04 bits per heavy atom. The number of benzene rings is 2. The zero-order chi connectivity index (χ0) is 20.1. The largest absolute Gasteiger partial charge is 0.416 e. The van der Waals surface area contributed by atoms with E-state index in [1.165, 1.54) is 22.7 Å². The van der Waals surface area contributed by atoms with Crippen LogP contribution < -0.4 is 5.56 Å². The molecule has 0 spiro atoms. The van der Waals surface area contributed by atoms with Gasteiger partial charge in [-0.3, -0.25) is 9.89 Å². The Bertz CT molecular complexity index is 1260. The molecule has 8 heteroatoms. The summed E-state index contributed by atoms with van der Waals surface area (Å²) in [5.41, 5.74) is 1.86. The van der Waals surface area contributed by atoms with Crippen molar-refractivity contribution in [1.82, 2.24) is 14.6 Å². The van der Waals surface area contributed by atoms with E-state index >= 15 is 0 Å². The lowest BCUT2D eigenvalue weighted by atomic mass is 10.1. The van der Waals surface area contributed by atoms with E-state index in [9.17, 15) is 18.0 Å². The SMILES string of the molecule is Cc1[nH]n2c(=O)cc(-c3cccc(C(F)(F)F)c3)nc2c1-c1cccc(Br)c1. The molecular weight excluding hydrogens is 435 g/mol. The zero-order valence-corrected chi connectivity index (χ0v) is 16.1. The van der Waals surface area contributed by atoms with Gasteiger partial charge in [0.05, 0.1) is 11.3 Å². The van der Waals surface area contributed by atoms with Crippen molar-refractivity contribution in [1.29, 1.82) is 0 Å². The number of hydrogen-bond donors (Lipinski definition) is 1. The first-order valence-electron chi connectivity index (χ1n) is 8.30. The van der Waals surface area contributed by atoms with Crippen molar-refractivity contribution in [2.45, 2.75) is 13.1 Å². The maximum absolute atomic E-state index is 13.0. The van der Waals surface area contributed by atoms with E-state index in [2.05, 4.69) is 26.0 Å². The van der Waals surface area contributed by atoms with Crippen LogP contribution in [0.1, 0.15) is 11.3 Å². The quantitative estimate of drug-likeness (QED) is 0.444. The maximum atomic E-state index is 13.0. The fourth-order valence-corrected chi connectivity index (χ4v) is 3.54. The number of fused-ring (bicyclic) bond motifs is 1. The van der Waals surface area contributed by atoms with Crippen molar-refractivity contribution in [3.05, 3.63) is 80.7 Å². The highest BCUT2D eigenvalue weighted by molar-refractivity contribution is 9.10. The normalized spacial score (nSPS) is 11.9. The van der Waals surface area contributed by atoms with Crippen LogP contribution in [-0.2, 0) is 6.18 Å². The van der Waals surface area contributed by atoms with Gasteiger partial charge in [0.15, 0.2) is 5.65 Å². The van der Waals surface area contributed by atoms with Gasteiger partial charge in [0.1, 0.15) is 0 Å². The van der Waals surface area contributed by atoms with Gasteiger partial charge in [-0.05, 0) is 36.8 Å².